The maximum atomic E-state index is 5.86. The van der Waals surface area contributed by atoms with E-state index in [1.807, 2.05) is 18.8 Å². The second-order valence-corrected chi connectivity index (χ2v) is 6.28. The van der Waals surface area contributed by atoms with Crippen LogP contribution in [0.1, 0.15) is 32.0 Å². The molecule has 1 saturated heterocycles. The Labute approximate surface area is 120 Å². The van der Waals surface area contributed by atoms with Gasteiger partial charge in [-0.2, -0.15) is 16.9 Å². The van der Waals surface area contributed by atoms with Crippen LogP contribution in [-0.4, -0.2) is 47.1 Å². The van der Waals surface area contributed by atoms with E-state index in [4.69, 9.17) is 4.74 Å². The molecule has 0 aromatic carbocycles. The Morgan fingerprint density at radius 3 is 3.11 bits per heavy atom. The quantitative estimate of drug-likeness (QED) is 0.868. The minimum atomic E-state index is 0.303. The molecule has 3 unspecified atom stereocenters. The molecule has 1 aromatic rings. The zero-order chi connectivity index (χ0) is 13.7. The molecule has 19 heavy (non-hydrogen) atoms. The zero-order valence-electron chi connectivity index (χ0n) is 12.1. The van der Waals surface area contributed by atoms with Crippen LogP contribution < -0.4 is 5.32 Å². The van der Waals surface area contributed by atoms with E-state index >= 15 is 0 Å². The maximum absolute atomic E-state index is 5.86. The summed E-state index contributed by atoms with van der Waals surface area (Å²) in [6, 6.07) is 2.96. The van der Waals surface area contributed by atoms with Gasteiger partial charge in [0.25, 0.3) is 0 Å². The summed E-state index contributed by atoms with van der Waals surface area (Å²) in [5.74, 6) is 2.20. The van der Waals surface area contributed by atoms with Crippen molar-refractivity contribution in [3.05, 3.63) is 18.0 Å². The molecular formula is C14H25N3OS. The van der Waals surface area contributed by atoms with E-state index < -0.39 is 0 Å². The normalized spacial score (nSPS) is 23.2. The molecule has 1 N–H and O–H groups in total. The summed E-state index contributed by atoms with van der Waals surface area (Å²) in [6.45, 7) is 5.26. The lowest BCUT2D eigenvalue weighted by atomic mass is 10.1. The molecule has 2 rings (SSSR count). The average Bonchev–Trinajstić information content (AvgIpc) is 2.93. The molecule has 2 heterocycles. The van der Waals surface area contributed by atoms with Crippen LogP contribution in [0.4, 0.5) is 0 Å². The molecule has 0 saturated carbocycles. The second-order valence-electron chi connectivity index (χ2n) is 5.13. The fourth-order valence-corrected chi connectivity index (χ4v) is 3.24. The van der Waals surface area contributed by atoms with Crippen molar-refractivity contribution in [1.29, 1.82) is 0 Å². The summed E-state index contributed by atoms with van der Waals surface area (Å²) in [6.07, 6.45) is 4.44. The highest BCUT2D eigenvalue weighted by Crippen LogP contribution is 2.18. The van der Waals surface area contributed by atoms with Crippen molar-refractivity contribution in [2.24, 2.45) is 0 Å². The molecule has 1 aliphatic rings. The molecule has 5 heteroatoms. The summed E-state index contributed by atoms with van der Waals surface area (Å²) < 4.78 is 7.93. The van der Waals surface area contributed by atoms with E-state index in [2.05, 4.69) is 41.2 Å². The number of aromatic nitrogens is 2. The summed E-state index contributed by atoms with van der Waals surface area (Å²) in [5.41, 5.74) is 1.15. The first-order chi connectivity index (χ1) is 9.24. The molecule has 1 aliphatic heterocycles. The summed E-state index contributed by atoms with van der Waals surface area (Å²) in [7, 11) is 2.01. The molecule has 3 atom stereocenters. The van der Waals surface area contributed by atoms with Crippen LogP contribution in [0, 0.1) is 0 Å². The van der Waals surface area contributed by atoms with Gasteiger partial charge in [-0.15, -0.1) is 0 Å². The predicted molar refractivity (Wildman–Crippen MR) is 80.8 cm³/mol. The van der Waals surface area contributed by atoms with Gasteiger partial charge in [-0.05, 0) is 26.5 Å². The van der Waals surface area contributed by atoms with Crippen LogP contribution in [0.2, 0.25) is 0 Å². The second kappa shape index (κ2) is 7.31. The minimum Gasteiger partial charge on any atom is -0.375 e. The Balaban J connectivity index is 1.95. The van der Waals surface area contributed by atoms with Gasteiger partial charge >= 0.3 is 0 Å². The first kappa shape index (κ1) is 14.9. The van der Waals surface area contributed by atoms with Crippen molar-refractivity contribution < 1.29 is 4.74 Å². The number of rotatable bonds is 6. The highest BCUT2D eigenvalue weighted by molar-refractivity contribution is 7.99. The van der Waals surface area contributed by atoms with Crippen LogP contribution in [0.5, 0.6) is 0 Å². The van der Waals surface area contributed by atoms with E-state index in [1.165, 1.54) is 0 Å². The molecule has 4 nitrogen and oxygen atoms in total. The van der Waals surface area contributed by atoms with Crippen molar-refractivity contribution in [1.82, 2.24) is 15.1 Å². The number of thioether (sulfide) groups is 1. The van der Waals surface area contributed by atoms with E-state index in [9.17, 15) is 0 Å². The fraction of sp³-hybridized carbons (Fsp3) is 0.786. The van der Waals surface area contributed by atoms with E-state index in [1.54, 1.807) is 0 Å². The number of ether oxygens (including phenoxy) is 1. The first-order valence-corrected chi connectivity index (χ1v) is 8.30. The summed E-state index contributed by atoms with van der Waals surface area (Å²) >= 11 is 1.98. The highest BCUT2D eigenvalue weighted by Gasteiger charge is 2.24. The largest absolute Gasteiger partial charge is 0.375 e. The number of nitrogens with one attached hydrogen (secondary N) is 1. The Bertz CT molecular complexity index is 377. The molecule has 0 amide bonds. The standard InChI is InChI=1S/C14H25N3OS/c1-4-11(2)17-6-5-12(16-17)9-13(15-3)14-10-19-8-7-18-14/h5-6,11,13-15H,4,7-10H2,1-3H3. The topological polar surface area (TPSA) is 39.1 Å². The predicted octanol–water partition coefficient (Wildman–Crippen LogP) is 2.12. The third-order valence-electron chi connectivity index (χ3n) is 3.80. The average molecular weight is 283 g/mol. The zero-order valence-corrected chi connectivity index (χ0v) is 12.9. The fourth-order valence-electron chi connectivity index (χ4n) is 2.30. The number of nitrogens with zero attached hydrogens (tertiary/aromatic N) is 2. The molecule has 1 fully saturated rings. The lowest BCUT2D eigenvalue weighted by molar-refractivity contribution is 0.0489. The smallest absolute Gasteiger partial charge is 0.0822 e. The van der Waals surface area contributed by atoms with Gasteiger partial charge in [0.1, 0.15) is 0 Å². The Morgan fingerprint density at radius 1 is 1.63 bits per heavy atom. The van der Waals surface area contributed by atoms with Gasteiger partial charge in [0.2, 0.25) is 0 Å². The van der Waals surface area contributed by atoms with Crippen LogP contribution >= 0.6 is 11.8 Å². The van der Waals surface area contributed by atoms with E-state index in [0.29, 0.717) is 18.2 Å². The minimum absolute atomic E-state index is 0.303. The van der Waals surface area contributed by atoms with Gasteiger partial charge in [-0.25, -0.2) is 0 Å². The van der Waals surface area contributed by atoms with Crippen molar-refractivity contribution in [2.45, 2.75) is 44.9 Å². The van der Waals surface area contributed by atoms with Gasteiger partial charge in [0.15, 0.2) is 0 Å². The third-order valence-corrected chi connectivity index (χ3v) is 4.82. The number of likely N-dealkylation sites (N-methyl/N-ethyl adjacent to an activating group) is 1. The first-order valence-electron chi connectivity index (χ1n) is 7.15. The summed E-state index contributed by atoms with van der Waals surface area (Å²) in [5, 5.41) is 8.06. The Hall–Kier alpha value is -0.520. The molecule has 0 aliphatic carbocycles. The maximum Gasteiger partial charge on any atom is 0.0822 e. The van der Waals surface area contributed by atoms with Crippen LogP contribution in [-0.2, 0) is 11.2 Å². The van der Waals surface area contributed by atoms with Gasteiger partial charge in [0, 0.05) is 36.2 Å². The van der Waals surface area contributed by atoms with Crippen molar-refractivity contribution in [3.8, 4) is 0 Å². The van der Waals surface area contributed by atoms with Crippen molar-refractivity contribution in [3.63, 3.8) is 0 Å². The van der Waals surface area contributed by atoms with Crippen molar-refractivity contribution in [2.75, 3.05) is 25.2 Å². The van der Waals surface area contributed by atoms with Crippen LogP contribution in [0.3, 0.4) is 0 Å². The molecule has 0 spiro atoms. The van der Waals surface area contributed by atoms with Gasteiger partial charge in [-0.1, -0.05) is 6.92 Å². The molecule has 0 bridgehead atoms. The molecule has 108 valence electrons. The highest BCUT2D eigenvalue weighted by atomic mass is 32.2. The lowest BCUT2D eigenvalue weighted by Gasteiger charge is -2.29. The van der Waals surface area contributed by atoms with E-state index in [-0.39, 0.29) is 0 Å². The Kier molecular flexibility index (Phi) is 5.73. The lowest BCUT2D eigenvalue weighted by Crippen LogP contribution is -2.44. The van der Waals surface area contributed by atoms with Crippen LogP contribution in [0.25, 0.3) is 0 Å². The van der Waals surface area contributed by atoms with Crippen LogP contribution in [0.15, 0.2) is 12.3 Å². The number of hydrogen-bond acceptors (Lipinski definition) is 4. The number of hydrogen-bond donors (Lipinski definition) is 1. The molecule has 0 radical (unpaired) electrons. The molecule has 1 aromatic heterocycles. The van der Waals surface area contributed by atoms with Gasteiger partial charge < -0.3 is 10.1 Å². The summed E-state index contributed by atoms with van der Waals surface area (Å²) in [4.78, 5) is 0. The molecular weight excluding hydrogens is 258 g/mol. The van der Waals surface area contributed by atoms with E-state index in [0.717, 1.165) is 36.6 Å². The van der Waals surface area contributed by atoms with Gasteiger partial charge in [-0.3, -0.25) is 4.68 Å². The monoisotopic (exact) mass is 283 g/mol. The third kappa shape index (κ3) is 3.97. The SMILES string of the molecule is CCC(C)n1ccc(CC(NC)C2CSCCO2)n1. The van der Waals surface area contributed by atoms with Gasteiger partial charge in [0.05, 0.1) is 18.4 Å². The van der Waals surface area contributed by atoms with Crippen molar-refractivity contribution >= 4 is 11.8 Å². The Morgan fingerprint density at radius 2 is 2.47 bits per heavy atom.